The molecule has 5 rings (SSSR count). The molecule has 2 heterocycles. The van der Waals surface area contributed by atoms with Crippen molar-refractivity contribution >= 4 is 29.5 Å². The zero-order valence-corrected chi connectivity index (χ0v) is 23.1. The first-order valence-electron chi connectivity index (χ1n) is 13.7. The maximum absolute atomic E-state index is 13.8. The molecule has 0 aromatic heterocycles. The smallest absolute Gasteiger partial charge is 0.335 e. The lowest BCUT2D eigenvalue weighted by Gasteiger charge is -2.36. The van der Waals surface area contributed by atoms with Crippen molar-refractivity contribution in [3.8, 4) is 5.75 Å². The highest BCUT2D eigenvalue weighted by molar-refractivity contribution is 6.01. The number of methoxy groups -OCH3 is 1. The van der Waals surface area contributed by atoms with E-state index in [2.05, 4.69) is 11.0 Å². The minimum Gasteiger partial charge on any atom is -0.497 e. The third kappa shape index (κ3) is 5.00. The topological polar surface area (TPSA) is 90.4 Å². The first kappa shape index (κ1) is 26.8. The van der Waals surface area contributed by atoms with Crippen LogP contribution in [0.15, 0.2) is 42.0 Å². The number of carboxylic acids is 1. The van der Waals surface area contributed by atoms with Crippen molar-refractivity contribution in [2.24, 2.45) is 5.92 Å². The molecule has 2 aliphatic heterocycles. The van der Waals surface area contributed by atoms with Gasteiger partial charge in [0.25, 0.3) is 5.91 Å². The number of carboxylic acid groups (broad SMARTS) is 1. The molecule has 2 amide bonds. The summed E-state index contributed by atoms with van der Waals surface area (Å²) in [6.45, 7) is 0.294. The molecule has 39 heavy (non-hydrogen) atoms. The van der Waals surface area contributed by atoms with Crippen LogP contribution in [0.3, 0.4) is 0 Å². The van der Waals surface area contributed by atoms with Crippen molar-refractivity contribution in [1.29, 1.82) is 0 Å². The van der Waals surface area contributed by atoms with Gasteiger partial charge >= 0.3 is 5.97 Å². The van der Waals surface area contributed by atoms with Gasteiger partial charge in [0.1, 0.15) is 5.75 Å². The molecule has 206 valence electrons. The summed E-state index contributed by atoms with van der Waals surface area (Å²) in [7, 11) is 6.62. The predicted molar refractivity (Wildman–Crippen MR) is 150 cm³/mol. The van der Waals surface area contributed by atoms with Gasteiger partial charge in [0.15, 0.2) is 0 Å². The molecule has 1 saturated carbocycles. The number of benzene rings is 2. The number of ether oxygens (including phenoxy) is 1. The Morgan fingerprint density at radius 1 is 1.00 bits per heavy atom. The second kappa shape index (κ2) is 10.8. The lowest BCUT2D eigenvalue weighted by Crippen LogP contribution is -2.40. The average Bonchev–Trinajstić information content (AvgIpc) is 3.15. The van der Waals surface area contributed by atoms with Gasteiger partial charge in [-0.05, 0) is 65.8 Å². The second-order valence-corrected chi connectivity index (χ2v) is 11.2. The van der Waals surface area contributed by atoms with Crippen LogP contribution < -0.4 is 9.64 Å². The summed E-state index contributed by atoms with van der Waals surface area (Å²) in [5, 5.41) is 9.80. The van der Waals surface area contributed by atoms with Crippen LogP contribution in [0.1, 0.15) is 71.1 Å². The maximum atomic E-state index is 13.8. The molecule has 0 saturated heterocycles. The van der Waals surface area contributed by atoms with E-state index in [1.54, 1.807) is 40.4 Å². The van der Waals surface area contributed by atoms with Gasteiger partial charge in [-0.25, -0.2) is 4.79 Å². The van der Waals surface area contributed by atoms with Crippen LogP contribution >= 0.6 is 0 Å². The summed E-state index contributed by atoms with van der Waals surface area (Å²) in [6.07, 6.45) is 7.82. The van der Waals surface area contributed by atoms with Crippen LogP contribution in [0.5, 0.6) is 5.75 Å². The van der Waals surface area contributed by atoms with Crippen LogP contribution in [0.25, 0.3) is 6.08 Å². The molecule has 0 radical (unpaired) electrons. The number of rotatable bonds is 6. The van der Waals surface area contributed by atoms with E-state index in [4.69, 9.17) is 4.74 Å². The van der Waals surface area contributed by atoms with Gasteiger partial charge in [0.05, 0.1) is 25.3 Å². The SMILES string of the molecule is COc1ccc2c(c1)C=C(C(=O)N(C)CC(=O)N(C)C)CN1c3cc(C(=O)O)ccc3C(C3CCCCC3)C21. The monoisotopic (exact) mass is 531 g/mol. The van der Waals surface area contributed by atoms with Gasteiger partial charge < -0.3 is 24.5 Å². The quantitative estimate of drug-likeness (QED) is 0.588. The summed E-state index contributed by atoms with van der Waals surface area (Å²) in [5.74, 6) is 0.0112. The van der Waals surface area contributed by atoms with Gasteiger partial charge in [0.2, 0.25) is 5.91 Å². The molecule has 8 heteroatoms. The predicted octanol–water partition coefficient (Wildman–Crippen LogP) is 4.56. The van der Waals surface area contributed by atoms with E-state index >= 15 is 0 Å². The van der Waals surface area contributed by atoms with E-state index < -0.39 is 5.97 Å². The molecular formula is C31H37N3O5. The zero-order chi connectivity index (χ0) is 27.8. The molecule has 2 aromatic rings. The van der Waals surface area contributed by atoms with Gasteiger partial charge in [-0.3, -0.25) is 9.59 Å². The third-order valence-electron chi connectivity index (χ3n) is 8.56. The molecule has 3 aliphatic rings. The molecular weight excluding hydrogens is 494 g/mol. The Bertz CT molecular complexity index is 1330. The Balaban J connectivity index is 1.64. The van der Waals surface area contributed by atoms with Crippen LogP contribution in [0.4, 0.5) is 5.69 Å². The Morgan fingerprint density at radius 2 is 1.72 bits per heavy atom. The molecule has 2 atom stereocenters. The lowest BCUT2D eigenvalue weighted by atomic mass is 9.73. The van der Waals surface area contributed by atoms with Crippen LogP contribution in [-0.2, 0) is 9.59 Å². The first-order valence-corrected chi connectivity index (χ1v) is 13.7. The number of likely N-dealkylation sites (N-methyl/N-ethyl adjacent to an activating group) is 2. The van der Waals surface area contributed by atoms with Gasteiger partial charge in [-0.15, -0.1) is 0 Å². The van der Waals surface area contributed by atoms with Gasteiger partial charge in [0, 0.05) is 44.9 Å². The highest BCUT2D eigenvalue weighted by Crippen LogP contribution is 2.57. The van der Waals surface area contributed by atoms with Gasteiger partial charge in [-0.2, -0.15) is 0 Å². The number of fused-ring (bicyclic) bond motifs is 5. The summed E-state index contributed by atoms with van der Waals surface area (Å²) in [5.41, 5.74) is 4.85. The number of anilines is 1. The van der Waals surface area contributed by atoms with E-state index in [0.717, 1.165) is 35.2 Å². The van der Waals surface area contributed by atoms with E-state index in [-0.39, 0.29) is 35.9 Å². The fraction of sp³-hybridized carbons (Fsp3) is 0.452. The number of amides is 2. The summed E-state index contributed by atoms with van der Waals surface area (Å²) in [6, 6.07) is 11.5. The molecule has 8 nitrogen and oxygen atoms in total. The fourth-order valence-corrected chi connectivity index (χ4v) is 6.55. The van der Waals surface area contributed by atoms with Crippen molar-refractivity contribution < 1.29 is 24.2 Å². The highest BCUT2D eigenvalue weighted by atomic mass is 16.5. The Morgan fingerprint density at radius 3 is 2.38 bits per heavy atom. The van der Waals surface area contributed by atoms with Crippen LogP contribution in [-0.4, -0.2) is 74.0 Å². The lowest BCUT2D eigenvalue weighted by molar-refractivity contribution is -0.135. The van der Waals surface area contributed by atoms with E-state index in [9.17, 15) is 19.5 Å². The Hall–Kier alpha value is -3.81. The Labute approximate surface area is 229 Å². The molecule has 1 aliphatic carbocycles. The summed E-state index contributed by atoms with van der Waals surface area (Å²) in [4.78, 5) is 43.3. The Kier molecular flexibility index (Phi) is 7.38. The number of carbonyl (C=O) groups is 3. The number of hydrogen-bond acceptors (Lipinski definition) is 5. The van der Waals surface area contributed by atoms with E-state index in [0.29, 0.717) is 23.8 Å². The number of carbonyl (C=O) groups excluding carboxylic acids is 2. The molecule has 1 fully saturated rings. The number of hydrogen-bond donors (Lipinski definition) is 1. The van der Waals surface area contributed by atoms with Crippen molar-refractivity contribution in [1.82, 2.24) is 9.80 Å². The summed E-state index contributed by atoms with van der Waals surface area (Å²) >= 11 is 0. The highest BCUT2D eigenvalue weighted by Gasteiger charge is 2.46. The fourth-order valence-electron chi connectivity index (χ4n) is 6.55. The minimum absolute atomic E-state index is 0.0258. The minimum atomic E-state index is -0.968. The van der Waals surface area contributed by atoms with E-state index in [1.165, 1.54) is 29.1 Å². The molecule has 1 N–H and O–H groups in total. The third-order valence-corrected chi connectivity index (χ3v) is 8.56. The van der Waals surface area contributed by atoms with Crippen molar-refractivity contribution in [2.75, 3.05) is 46.2 Å². The number of nitrogens with zero attached hydrogens (tertiary/aromatic N) is 3. The first-order chi connectivity index (χ1) is 18.7. The molecule has 0 bridgehead atoms. The maximum Gasteiger partial charge on any atom is 0.335 e. The standard InChI is InChI=1S/C31H37N3O5/c1-32(2)27(35)18-33(3)30(36)22-14-21-15-23(39-4)11-13-24(21)29-28(19-8-6-5-7-9-19)25-12-10-20(31(37)38)16-26(25)34(29)17-22/h10-16,19,28-29H,5-9,17-18H2,1-4H3,(H,37,38). The van der Waals surface area contributed by atoms with Gasteiger partial charge in [-0.1, -0.05) is 31.4 Å². The largest absolute Gasteiger partial charge is 0.497 e. The molecule has 2 unspecified atom stereocenters. The van der Waals surface area contributed by atoms with Crippen molar-refractivity contribution in [2.45, 2.75) is 44.1 Å². The van der Waals surface area contributed by atoms with E-state index in [1.807, 2.05) is 24.3 Å². The second-order valence-electron chi connectivity index (χ2n) is 11.2. The molecule has 2 aromatic carbocycles. The van der Waals surface area contributed by atoms with Crippen LogP contribution in [0, 0.1) is 5.92 Å². The van der Waals surface area contributed by atoms with Crippen molar-refractivity contribution in [3.05, 3.63) is 64.2 Å². The summed E-state index contributed by atoms with van der Waals surface area (Å²) < 4.78 is 5.55. The normalized spacial score (nSPS) is 20.2. The number of aromatic carboxylic acids is 1. The van der Waals surface area contributed by atoms with Crippen LogP contribution in [0.2, 0.25) is 0 Å². The zero-order valence-electron chi connectivity index (χ0n) is 23.1. The van der Waals surface area contributed by atoms with Crippen molar-refractivity contribution in [3.63, 3.8) is 0 Å². The molecule has 0 spiro atoms. The average molecular weight is 532 g/mol.